The molecule has 1 aliphatic heterocycles. The largest absolute Gasteiger partial charge is 0.450 e. The molecule has 0 saturated carbocycles. The standard InChI is InChI=1S/C9H18N2O5S/c1-2-16-9(13)11-4-3-10-7-5-17(14,15)6-8(7)12/h7-8,10,12H,2-6H2,1H3,(H,11,13)/t7-,8-/m0/s1. The maximum atomic E-state index is 11.2. The van der Waals surface area contributed by atoms with Crippen LogP contribution < -0.4 is 10.6 Å². The Morgan fingerprint density at radius 1 is 1.41 bits per heavy atom. The Balaban J connectivity index is 2.17. The molecule has 0 aliphatic carbocycles. The summed E-state index contributed by atoms with van der Waals surface area (Å²) < 4.78 is 27.0. The number of carbonyl (C=O) groups is 1. The molecule has 100 valence electrons. The lowest BCUT2D eigenvalue weighted by molar-refractivity contribution is 0.150. The second-order valence-corrected chi connectivity index (χ2v) is 6.01. The topological polar surface area (TPSA) is 105 Å². The first-order valence-electron chi connectivity index (χ1n) is 5.47. The van der Waals surface area contributed by atoms with Gasteiger partial charge in [0.05, 0.1) is 24.2 Å². The smallest absolute Gasteiger partial charge is 0.407 e. The molecule has 1 heterocycles. The van der Waals surface area contributed by atoms with Crippen LogP contribution in [0.5, 0.6) is 0 Å². The molecule has 0 bridgehead atoms. The highest BCUT2D eigenvalue weighted by Crippen LogP contribution is 2.11. The van der Waals surface area contributed by atoms with E-state index in [4.69, 9.17) is 0 Å². The third-order valence-electron chi connectivity index (χ3n) is 2.40. The Hall–Kier alpha value is -0.860. The molecule has 0 aromatic carbocycles. The van der Waals surface area contributed by atoms with Crippen LogP contribution in [-0.4, -0.2) is 63.0 Å². The molecule has 0 radical (unpaired) electrons. The fourth-order valence-electron chi connectivity index (χ4n) is 1.63. The van der Waals surface area contributed by atoms with Gasteiger partial charge in [-0.1, -0.05) is 0 Å². The van der Waals surface area contributed by atoms with Gasteiger partial charge in [0, 0.05) is 19.1 Å². The van der Waals surface area contributed by atoms with Crippen molar-refractivity contribution in [2.75, 3.05) is 31.2 Å². The van der Waals surface area contributed by atoms with Crippen LogP contribution in [0.25, 0.3) is 0 Å². The molecule has 0 aromatic rings. The van der Waals surface area contributed by atoms with Crippen LogP contribution in [0.3, 0.4) is 0 Å². The predicted octanol–water partition coefficient (Wildman–Crippen LogP) is -1.52. The summed E-state index contributed by atoms with van der Waals surface area (Å²) in [5, 5.41) is 14.8. The Bertz CT molecular complexity index is 356. The number of hydrogen-bond acceptors (Lipinski definition) is 6. The molecule has 1 saturated heterocycles. The zero-order chi connectivity index (χ0) is 12.9. The van der Waals surface area contributed by atoms with Gasteiger partial charge in [0.2, 0.25) is 0 Å². The Morgan fingerprint density at radius 2 is 2.12 bits per heavy atom. The number of rotatable bonds is 5. The van der Waals surface area contributed by atoms with Gasteiger partial charge >= 0.3 is 6.09 Å². The summed E-state index contributed by atoms with van der Waals surface area (Å²) in [4.78, 5) is 10.9. The van der Waals surface area contributed by atoms with E-state index in [-0.39, 0.29) is 11.5 Å². The van der Waals surface area contributed by atoms with Crippen molar-refractivity contribution in [2.45, 2.75) is 19.1 Å². The van der Waals surface area contributed by atoms with Gasteiger partial charge in [-0.15, -0.1) is 0 Å². The molecule has 17 heavy (non-hydrogen) atoms. The first-order chi connectivity index (χ1) is 7.94. The molecule has 0 unspecified atom stereocenters. The SMILES string of the molecule is CCOC(=O)NCCN[C@H]1CS(=O)(=O)C[C@@H]1O. The summed E-state index contributed by atoms with van der Waals surface area (Å²) in [6.45, 7) is 2.72. The van der Waals surface area contributed by atoms with Crippen LogP contribution in [0.2, 0.25) is 0 Å². The summed E-state index contributed by atoms with van der Waals surface area (Å²) in [7, 11) is -3.13. The van der Waals surface area contributed by atoms with Crippen molar-refractivity contribution in [1.82, 2.24) is 10.6 Å². The second kappa shape index (κ2) is 6.18. The highest BCUT2D eigenvalue weighted by molar-refractivity contribution is 7.91. The van der Waals surface area contributed by atoms with Gasteiger partial charge in [-0.2, -0.15) is 0 Å². The summed E-state index contributed by atoms with van der Waals surface area (Å²) in [5.74, 6) is -0.260. The van der Waals surface area contributed by atoms with Crippen molar-refractivity contribution >= 4 is 15.9 Å². The quantitative estimate of drug-likeness (QED) is 0.522. The number of aliphatic hydroxyl groups is 1. The molecule has 1 amide bonds. The first kappa shape index (κ1) is 14.2. The van der Waals surface area contributed by atoms with Gasteiger partial charge in [-0.3, -0.25) is 0 Å². The average molecular weight is 266 g/mol. The molecule has 8 heteroatoms. The van der Waals surface area contributed by atoms with Crippen LogP contribution in [0, 0.1) is 0 Å². The Labute approximate surface area is 100 Å². The van der Waals surface area contributed by atoms with E-state index in [1.165, 1.54) is 0 Å². The molecule has 7 nitrogen and oxygen atoms in total. The highest BCUT2D eigenvalue weighted by Gasteiger charge is 2.35. The molecule has 1 rings (SSSR count). The summed E-state index contributed by atoms with van der Waals surface area (Å²) in [6.07, 6.45) is -1.38. The molecule has 3 N–H and O–H groups in total. The van der Waals surface area contributed by atoms with Crippen molar-refractivity contribution in [2.24, 2.45) is 0 Å². The molecular weight excluding hydrogens is 248 g/mol. The van der Waals surface area contributed by atoms with Gasteiger partial charge in [-0.25, -0.2) is 13.2 Å². The molecule has 0 aromatic heterocycles. The molecule has 2 atom stereocenters. The van der Waals surface area contributed by atoms with Crippen molar-refractivity contribution < 1.29 is 23.1 Å². The first-order valence-corrected chi connectivity index (χ1v) is 7.29. The number of amides is 1. The van der Waals surface area contributed by atoms with Crippen LogP contribution in [-0.2, 0) is 14.6 Å². The van der Waals surface area contributed by atoms with Crippen LogP contribution in [0.15, 0.2) is 0 Å². The van der Waals surface area contributed by atoms with Crippen LogP contribution in [0.4, 0.5) is 4.79 Å². The Morgan fingerprint density at radius 3 is 2.65 bits per heavy atom. The number of aliphatic hydroxyl groups excluding tert-OH is 1. The van der Waals surface area contributed by atoms with Crippen molar-refractivity contribution in [3.05, 3.63) is 0 Å². The third-order valence-corrected chi connectivity index (χ3v) is 4.12. The fourth-order valence-corrected chi connectivity index (χ4v) is 3.40. The molecule has 1 fully saturated rings. The Kier molecular flexibility index (Phi) is 5.16. The highest BCUT2D eigenvalue weighted by atomic mass is 32.2. The zero-order valence-electron chi connectivity index (χ0n) is 9.68. The summed E-state index contributed by atoms with van der Waals surface area (Å²) >= 11 is 0. The van der Waals surface area contributed by atoms with E-state index in [9.17, 15) is 18.3 Å². The number of hydrogen-bond donors (Lipinski definition) is 3. The fraction of sp³-hybridized carbons (Fsp3) is 0.889. The van der Waals surface area contributed by atoms with Gasteiger partial charge in [0.1, 0.15) is 0 Å². The van der Waals surface area contributed by atoms with E-state index < -0.39 is 28.1 Å². The summed E-state index contributed by atoms with van der Waals surface area (Å²) in [6, 6.07) is -0.455. The molecule has 1 aliphatic rings. The number of nitrogens with one attached hydrogen (secondary N) is 2. The number of sulfone groups is 1. The predicted molar refractivity (Wildman–Crippen MR) is 61.5 cm³/mol. The average Bonchev–Trinajstić information content (AvgIpc) is 2.47. The normalized spacial score (nSPS) is 26.7. The van der Waals surface area contributed by atoms with Crippen molar-refractivity contribution in [1.29, 1.82) is 0 Å². The summed E-state index contributed by atoms with van der Waals surface area (Å²) in [5.41, 5.74) is 0. The van der Waals surface area contributed by atoms with E-state index >= 15 is 0 Å². The number of carbonyl (C=O) groups excluding carboxylic acids is 1. The minimum Gasteiger partial charge on any atom is -0.450 e. The van der Waals surface area contributed by atoms with E-state index in [1.54, 1.807) is 6.92 Å². The third kappa shape index (κ3) is 4.88. The zero-order valence-corrected chi connectivity index (χ0v) is 10.5. The van der Waals surface area contributed by atoms with Gasteiger partial charge in [0.25, 0.3) is 0 Å². The number of ether oxygens (including phenoxy) is 1. The lowest BCUT2D eigenvalue weighted by Gasteiger charge is -2.14. The van der Waals surface area contributed by atoms with E-state index in [2.05, 4.69) is 15.4 Å². The molecule has 0 spiro atoms. The van der Waals surface area contributed by atoms with Crippen molar-refractivity contribution in [3.63, 3.8) is 0 Å². The lowest BCUT2D eigenvalue weighted by Crippen LogP contribution is -2.42. The number of alkyl carbamates (subject to hydrolysis) is 1. The monoisotopic (exact) mass is 266 g/mol. The van der Waals surface area contributed by atoms with E-state index in [0.717, 1.165) is 0 Å². The second-order valence-electron chi connectivity index (χ2n) is 3.85. The van der Waals surface area contributed by atoms with Gasteiger partial charge in [-0.05, 0) is 6.92 Å². The van der Waals surface area contributed by atoms with E-state index in [1.807, 2.05) is 0 Å². The molecular formula is C9H18N2O5S. The maximum absolute atomic E-state index is 11.2. The van der Waals surface area contributed by atoms with Crippen LogP contribution in [0.1, 0.15) is 6.92 Å². The van der Waals surface area contributed by atoms with Crippen LogP contribution >= 0.6 is 0 Å². The van der Waals surface area contributed by atoms with E-state index in [0.29, 0.717) is 19.7 Å². The minimum atomic E-state index is -3.13. The van der Waals surface area contributed by atoms with Crippen molar-refractivity contribution in [3.8, 4) is 0 Å². The van der Waals surface area contributed by atoms with Gasteiger partial charge < -0.3 is 20.5 Å². The lowest BCUT2D eigenvalue weighted by atomic mass is 10.2. The minimum absolute atomic E-state index is 0.0619. The van der Waals surface area contributed by atoms with Gasteiger partial charge in [0.15, 0.2) is 9.84 Å². The maximum Gasteiger partial charge on any atom is 0.407 e.